The Balaban J connectivity index is 1.77. The van der Waals surface area contributed by atoms with Gasteiger partial charge in [0.1, 0.15) is 12.0 Å². The molecule has 2 heterocycles. The van der Waals surface area contributed by atoms with Crippen LogP contribution in [0.2, 0.25) is 0 Å². The van der Waals surface area contributed by atoms with Gasteiger partial charge in [0, 0.05) is 6.42 Å². The molecule has 1 aliphatic rings. The lowest BCUT2D eigenvalue weighted by Gasteiger charge is -2.27. The summed E-state index contributed by atoms with van der Waals surface area (Å²) in [5.41, 5.74) is 0.629. The van der Waals surface area contributed by atoms with Crippen LogP contribution in [0, 0.1) is 11.8 Å². The minimum Gasteiger partial charge on any atom is -0.363 e. The van der Waals surface area contributed by atoms with E-state index < -0.39 is 0 Å². The van der Waals surface area contributed by atoms with Crippen LogP contribution in [0.1, 0.15) is 26.2 Å². The molecule has 5 heteroatoms. The second-order valence-corrected chi connectivity index (χ2v) is 4.75. The summed E-state index contributed by atoms with van der Waals surface area (Å²) in [5, 5.41) is 9.70. The number of carbonyl (C=O) groups excluding carboxylic acids is 1. The van der Waals surface area contributed by atoms with Crippen molar-refractivity contribution in [2.24, 2.45) is 11.8 Å². The maximum Gasteiger partial charge on any atom is 0.224 e. The fourth-order valence-electron chi connectivity index (χ4n) is 2.30. The first-order chi connectivity index (χ1) is 8.25. The smallest absolute Gasteiger partial charge is 0.224 e. The van der Waals surface area contributed by atoms with Gasteiger partial charge in [0.25, 0.3) is 0 Å². The Labute approximate surface area is 101 Å². The van der Waals surface area contributed by atoms with Crippen molar-refractivity contribution in [3.05, 3.63) is 12.5 Å². The van der Waals surface area contributed by atoms with E-state index in [-0.39, 0.29) is 5.91 Å². The zero-order valence-corrected chi connectivity index (χ0v) is 10.1. The fourth-order valence-corrected chi connectivity index (χ4v) is 2.30. The second-order valence-electron chi connectivity index (χ2n) is 4.75. The second kappa shape index (κ2) is 5.82. The van der Waals surface area contributed by atoms with E-state index in [9.17, 15) is 4.79 Å². The molecule has 1 fully saturated rings. The number of piperidine rings is 1. The van der Waals surface area contributed by atoms with E-state index in [0.29, 0.717) is 23.9 Å². The lowest BCUT2D eigenvalue weighted by Crippen LogP contribution is -2.34. The molecule has 2 unspecified atom stereocenters. The molecule has 0 bridgehead atoms. The highest BCUT2D eigenvalue weighted by Crippen LogP contribution is 2.22. The molecule has 2 N–H and O–H groups in total. The van der Waals surface area contributed by atoms with E-state index >= 15 is 0 Å². The van der Waals surface area contributed by atoms with Crippen molar-refractivity contribution in [3.63, 3.8) is 0 Å². The molecule has 0 aromatic carbocycles. The third-order valence-electron chi connectivity index (χ3n) is 3.36. The van der Waals surface area contributed by atoms with Crippen molar-refractivity contribution in [1.82, 2.24) is 10.5 Å². The largest absolute Gasteiger partial charge is 0.363 e. The van der Waals surface area contributed by atoms with E-state index in [1.807, 2.05) is 0 Å². The molecule has 0 saturated carbocycles. The van der Waals surface area contributed by atoms with E-state index in [1.165, 1.54) is 25.3 Å². The van der Waals surface area contributed by atoms with Gasteiger partial charge in [-0.25, -0.2) is 0 Å². The number of hydrogen-bond donors (Lipinski definition) is 2. The molecule has 1 aromatic heterocycles. The summed E-state index contributed by atoms with van der Waals surface area (Å²) < 4.78 is 4.66. The number of nitrogens with one attached hydrogen (secondary N) is 2. The lowest BCUT2D eigenvalue weighted by molar-refractivity contribution is -0.117. The van der Waals surface area contributed by atoms with Gasteiger partial charge in [-0.3, -0.25) is 4.79 Å². The summed E-state index contributed by atoms with van der Waals surface area (Å²) in [4.78, 5) is 11.8. The van der Waals surface area contributed by atoms with Crippen LogP contribution in [-0.4, -0.2) is 24.2 Å². The number of nitrogens with zero attached hydrogens (tertiary/aromatic N) is 1. The molecule has 2 rings (SSSR count). The molecular formula is C12H19N3O2. The Morgan fingerprint density at radius 1 is 1.76 bits per heavy atom. The van der Waals surface area contributed by atoms with Crippen LogP contribution < -0.4 is 10.6 Å². The van der Waals surface area contributed by atoms with Crippen molar-refractivity contribution in [2.45, 2.75) is 26.2 Å². The maximum atomic E-state index is 11.8. The summed E-state index contributed by atoms with van der Waals surface area (Å²) in [6.45, 7) is 4.28. The first-order valence-corrected chi connectivity index (χ1v) is 6.15. The summed E-state index contributed by atoms with van der Waals surface area (Å²) in [6, 6.07) is 0. The van der Waals surface area contributed by atoms with Gasteiger partial charge < -0.3 is 15.2 Å². The fraction of sp³-hybridized carbons (Fsp3) is 0.667. The first-order valence-electron chi connectivity index (χ1n) is 6.15. The van der Waals surface area contributed by atoms with Crippen molar-refractivity contribution in [1.29, 1.82) is 0 Å². The van der Waals surface area contributed by atoms with E-state index in [2.05, 4.69) is 27.2 Å². The van der Waals surface area contributed by atoms with Crippen LogP contribution >= 0.6 is 0 Å². The number of amides is 1. The number of anilines is 1. The third kappa shape index (κ3) is 3.56. The maximum absolute atomic E-state index is 11.8. The zero-order chi connectivity index (χ0) is 12.1. The molecule has 1 saturated heterocycles. The van der Waals surface area contributed by atoms with Gasteiger partial charge in [0.05, 0.1) is 6.20 Å². The van der Waals surface area contributed by atoms with Crippen LogP contribution in [0.4, 0.5) is 5.69 Å². The summed E-state index contributed by atoms with van der Waals surface area (Å²) in [7, 11) is 0. The van der Waals surface area contributed by atoms with Gasteiger partial charge in [-0.05, 0) is 37.8 Å². The van der Waals surface area contributed by atoms with Gasteiger partial charge in [0.15, 0.2) is 0 Å². The lowest BCUT2D eigenvalue weighted by atomic mass is 9.85. The van der Waals surface area contributed by atoms with Crippen molar-refractivity contribution in [2.75, 3.05) is 18.4 Å². The Morgan fingerprint density at radius 3 is 3.29 bits per heavy atom. The van der Waals surface area contributed by atoms with Gasteiger partial charge >= 0.3 is 0 Å². The van der Waals surface area contributed by atoms with Crippen molar-refractivity contribution < 1.29 is 9.32 Å². The molecule has 2 atom stereocenters. The molecule has 0 radical (unpaired) electrons. The predicted octanol–water partition coefficient (Wildman–Crippen LogP) is 1.64. The molecular weight excluding hydrogens is 218 g/mol. The van der Waals surface area contributed by atoms with Crippen molar-refractivity contribution in [3.8, 4) is 0 Å². The highest BCUT2D eigenvalue weighted by atomic mass is 16.5. The summed E-state index contributed by atoms with van der Waals surface area (Å²) >= 11 is 0. The first kappa shape index (κ1) is 12.1. The minimum atomic E-state index is 0.0336. The molecule has 0 aliphatic carbocycles. The van der Waals surface area contributed by atoms with Crippen LogP contribution in [-0.2, 0) is 4.79 Å². The summed E-state index contributed by atoms with van der Waals surface area (Å²) in [6.07, 6.45) is 5.92. The molecule has 5 nitrogen and oxygen atoms in total. The zero-order valence-electron chi connectivity index (χ0n) is 10.1. The van der Waals surface area contributed by atoms with E-state index in [1.54, 1.807) is 0 Å². The quantitative estimate of drug-likeness (QED) is 0.835. The monoisotopic (exact) mass is 237 g/mol. The van der Waals surface area contributed by atoms with Crippen LogP contribution in [0.3, 0.4) is 0 Å². The van der Waals surface area contributed by atoms with Crippen LogP contribution in [0.5, 0.6) is 0 Å². The Hall–Kier alpha value is -1.36. The highest BCUT2D eigenvalue weighted by Gasteiger charge is 2.22. The average molecular weight is 237 g/mol. The SMILES string of the molecule is CC(CC(=O)Nc1cnoc1)C1CCCNC1. The normalized spacial score (nSPS) is 22.1. The Kier molecular flexibility index (Phi) is 4.14. The molecule has 1 amide bonds. The molecule has 0 spiro atoms. The third-order valence-corrected chi connectivity index (χ3v) is 3.36. The van der Waals surface area contributed by atoms with Gasteiger partial charge in [-0.15, -0.1) is 0 Å². The molecule has 17 heavy (non-hydrogen) atoms. The van der Waals surface area contributed by atoms with E-state index in [0.717, 1.165) is 13.1 Å². The van der Waals surface area contributed by atoms with Gasteiger partial charge in [0.2, 0.25) is 5.91 Å². The number of rotatable bonds is 4. The standard InChI is InChI=1S/C12H19N3O2/c1-9(10-3-2-4-13-6-10)5-12(16)15-11-7-14-17-8-11/h7-10,13H,2-6H2,1H3,(H,15,16). The highest BCUT2D eigenvalue weighted by molar-refractivity contribution is 5.90. The molecule has 94 valence electrons. The molecule has 1 aliphatic heterocycles. The number of hydrogen-bond acceptors (Lipinski definition) is 4. The van der Waals surface area contributed by atoms with Gasteiger partial charge in [-0.2, -0.15) is 0 Å². The average Bonchev–Trinajstić information content (AvgIpc) is 2.82. The van der Waals surface area contributed by atoms with Crippen molar-refractivity contribution >= 4 is 11.6 Å². The summed E-state index contributed by atoms with van der Waals surface area (Å²) in [5.74, 6) is 1.05. The number of aromatic nitrogens is 1. The Bertz CT molecular complexity index is 345. The Morgan fingerprint density at radius 2 is 2.65 bits per heavy atom. The topological polar surface area (TPSA) is 67.2 Å². The van der Waals surface area contributed by atoms with Gasteiger partial charge in [-0.1, -0.05) is 12.1 Å². The van der Waals surface area contributed by atoms with Crippen LogP contribution in [0.15, 0.2) is 17.0 Å². The van der Waals surface area contributed by atoms with E-state index in [4.69, 9.17) is 0 Å². The minimum absolute atomic E-state index is 0.0336. The predicted molar refractivity (Wildman–Crippen MR) is 64.5 cm³/mol. The molecule has 1 aromatic rings. The number of carbonyl (C=O) groups is 1. The van der Waals surface area contributed by atoms with Crippen LogP contribution in [0.25, 0.3) is 0 Å².